The van der Waals surface area contributed by atoms with E-state index in [0.717, 1.165) is 29.5 Å². The van der Waals surface area contributed by atoms with E-state index >= 15 is 0 Å². The fraction of sp³-hybridized carbons (Fsp3) is 0.333. The lowest BCUT2D eigenvalue weighted by Gasteiger charge is -2.37. The molecule has 2 fully saturated rings. The quantitative estimate of drug-likeness (QED) is 0.818. The molecule has 2 aromatic rings. The molecule has 0 N–H and O–H groups in total. The normalized spacial score (nSPS) is 20.3. The van der Waals surface area contributed by atoms with Gasteiger partial charge in [-0.1, -0.05) is 35.9 Å². The summed E-state index contributed by atoms with van der Waals surface area (Å²) >= 11 is 6.08. The number of anilines is 2. The van der Waals surface area contributed by atoms with Crippen molar-refractivity contribution in [1.82, 2.24) is 4.90 Å². The first-order valence-electron chi connectivity index (χ1n) is 9.26. The van der Waals surface area contributed by atoms with Crippen LogP contribution in [0.2, 0.25) is 5.02 Å². The molecule has 2 saturated heterocycles. The van der Waals surface area contributed by atoms with Gasteiger partial charge in [0.1, 0.15) is 0 Å². The minimum absolute atomic E-state index is 0.0251. The molecule has 27 heavy (non-hydrogen) atoms. The minimum Gasteiger partial charge on any atom is -0.368 e. The van der Waals surface area contributed by atoms with Crippen LogP contribution < -0.4 is 9.80 Å². The zero-order valence-corrected chi connectivity index (χ0v) is 15.8. The molecule has 2 amide bonds. The molecule has 2 aliphatic heterocycles. The van der Waals surface area contributed by atoms with Crippen molar-refractivity contribution in [3.8, 4) is 0 Å². The molecular weight excluding hydrogens is 362 g/mol. The summed E-state index contributed by atoms with van der Waals surface area (Å²) in [5.41, 5.74) is 1.95. The molecule has 0 aliphatic carbocycles. The predicted molar refractivity (Wildman–Crippen MR) is 107 cm³/mol. The molecule has 0 bridgehead atoms. The summed E-state index contributed by atoms with van der Waals surface area (Å²) in [6.45, 7) is 3.35. The third kappa shape index (κ3) is 3.78. The van der Waals surface area contributed by atoms with Crippen molar-refractivity contribution in [3.05, 3.63) is 59.6 Å². The summed E-state index contributed by atoms with van der Waals surface area (Å²) in [6, 6.07) is 17.4. The molecule has 5 nitrogen and oxygen atoms in total. The van der Waals surface area contributed by atoms with Crippen molar-refractivity contribution in [1.29, 1.82) is 0 Å². The predicted octanol–water partition coefficient (Wildman–Crippen LogP) is 3.04. The molecule has 1 atom stereocenters. The number of rotatable bonds is 3. The highest BCUT2D eigenvalue weighted by atomic mass is 35.5. The number of carbonyl (C=O) groups excluding carboxylic acids is 2. The van der Waals surface area contributed by atoms with E-state index in [1.807, 2.05) is 59.5 Å². The third-order valence-corrected chi connectivity index (χ3v) is 5.54. The monoisotopic (exact) mass is 383 g/mol. The molecular formula is C21H22ClN3O2. The standard InChI is InChI=1S/C21H22ClN3O2/c22-17-5-4-8-19(14-17)23-9-11-24(12-10-23)21(27)16-13-20(26)25(15-16)18-6-2-1-3-7-18/h1-8,14,16H,9-13,15H2. The number of halogens is 1. The van der Waals surface area contributed by atoms with Crippen molar-refractivity contribution in [3.63, 3.8) is 0 Å². The van der Waals surface area contributed by atoms with Crippen molar-refractivity contribution in [2.75, 3.05) is 42.5 Å². The Kier molecular flexibility index (Phi) is 5.03. The topological polar surface area (TPSA) is 43.9 Å². The second-order valence-electron chi connectivity index (χ2n) is 7.03. The van der Waals surface area contributed by atoms with Crippen LogP contribution >= 0.6 is 11.6 Å². The molecule has 2 aliphatic rings. The summed E-state index contributed by atoms with van der Waals surface area (Å²) in [4.78, 5) is 31.2. The Morgan fingerprint density at radius 2 is 1.63 bits per heavy atom. The van der Waals surface area contributed by atoms with Crippen molar-refractivity contribution < 1.29 is 9.59 Å². The Labute approximate surface area is 164 Å². The van der Waals surface area contributed by atoms with Crippen LogP contribution in [0.3, 0.4) is 0 Å². The van der Waals surface area contributed by atoms with Gasteiger partial charge in [0.15, 0.2) is 0 Å². The molecule has 2 aromatic carbocycles. The van der Waals surface area contributed by atoms with Gasteiger partial charge < -0.3 is 14.7 Å². The van der Waals surface area contributed by atoms with Crippen LogP contribution in [0, 0.1) is 5.92 Å². The maximum Gasteiger partial charge on any atom is 0.228 e. The van der Waals surface area contributed by atoms with E-state index in [9.17, 15) is 9.59 Å². The first-order valence-corrected chi connectivity index (χ1v) is 9.64. The van der Waals surface area contributed by atoms with E-state index in [2.05, 4.69) is 4.90 Å². The summed E-state index contributed by atoms with van der Waals surface area (Å²) in [5.74, 6) is -0.139. The lowest BCUT2D eigenvalue weighted by atomic mass is 10.1. The molecule has 1 unspecified atom stereocenters. The van der Waals surface area contributed by atoms with Crippen LogP contribution in [-0.4, -0.2) is 49.4 Å². The van der Waals surface area contributed by atoms with Crippen LogP contribution in [0.5, 0.6) is 0 Å². The number of amides is 2. The number of carbonyl (C=O) groups is 2. The van der Waals surface area contributed by atoms with Crippen LogP contribution in [0.4, 0.5) is 11.4 Å². The number of hydrogen-bond donors (Lipinski definition) is 0. The molecule has 6 heteroatoms. The molecule has 140 valence electrons. The van der Waals surface area contributed by atoms with E-state index in [-0.39, 0.29) is 17.7 Å². The third-order valence-electron chi connectivity index (χ3n) is 5.31. The van der Waals surface area contributed by atoms with Crippen molar-refractivity contribution in [2.45, 2.75) is 6.42 Å². The maximum atomic E-state index is 12.9. The number of nitrogens with zero attached hydrogens (tertiary/aromatic N) is 3. The van der Waals surface area contributed by atoms with E-state index < -0.39 is 0 Å². The van der Waals surface area contributed by atoms with Gasteiger partial charge in [-0.05, 0) is 30.3 Å². The number of piperazine rings is 1. The Hall–Kier alpha value is -2.53. The van der Waals surface area contributed by atoms with Gasteiger partial charge in [-0.2, -0.15) is 0 Å². The zero-order valence-electron chi connectivity index (χ0n) is 15.1. The van der Waals surface area contributed by atoms with Crippen molar-refractivity contribution >= 4 is 34.8 Å². The lowest BCUT2D eigenvalue weighted by Crippen LogP contribution is -2.50. The molecule has 4 rings (SSSR count). The average molecular weight is 384 g/mol. The van der Waals surface area contributed by atoms with E-state index in [1.54, 1.807) is 4.90 Å². The number of para-hydroxylation sites is 1. The fourth-order valence-corrected chi connectivity index (χ4v) is 4.03. The Morgan fingerprint density at radius 1 is 0.926 bits per heavy atom. The van der Waals surface area contributed by atoms with Crippen LogP contribution in [0.15, 0.2) is 54.6 Å². The van der Waals surface area contributed by atoms with Crippen LogP contribution in [0.1, 0.15) is 6.42 Å². The summed E-state index contributed by atoms with van der Waals surface area (Å²) in [5, 5.41) is 0.719. The highest BCUT2D eigenvalue weighted by Gasteiger charge is 2.37. The van der Waals surface area contributed by atoms with Gasteiger partial charge in [0.2, 0.25) is 11.8 Å². The van der Waals surface area contributed by atoms with Gasteiger partial charge in [0.25, 0.3) is 0 Å². The van der Waals surface area contributed by atoms with Crippen LogP contribution in [-0.2, 0) is 9.59 Å². The maximum absolute atomic E-state index is 12.9. The summed E-state index contributed by atoms with van der Waals surface area (Å²) in [6.07, 6.45) is 0.294. The molecule has 0 radical (unpaired) electrons. The largest absolute Gasteiger partial charge is 0.368 e. The van der Waals surface area contributed by atoms with Gasteiger partial charge in [0.05, 0.1) is 5.92 Å². The van der Waals surface area contributed by atoms with E-state index in [1.165, 1.54) is 0 Å². The average Bonchev–Trinajstić information content (AvgIpc) is 3.10. The minimum atomic E-state index is -0.254. The highest BCUT2D eigenvalue weighted by Crippen LogP contribution is 2.27. The molecule has 2 heterocycles. The Balaban J connectivity index is 1.36. The Morgan fingerprint density at radius 3 is 2.33 bits per heavy atom. The van der Waals surface area contributed by atoms with Gasteiger partial charge in [-0.15, -0.1) is 0 Å². The SMILES string of the molecule is O=C(C1CC(=O)N(c2ccccc2)C1)N1CCN(c2cccc(Cl)c2)CC1. The summed E-state index contributed by atoms with van der Waals surface area (Å²) in [7, 11) is 0. The van der Waals surface area contributed by atoms with Gasteiger partial charge in [-0.25, -0.2) is 0 Å². The van der Waals surface area contributed by atoms with Crippen LogP contribution in [0.25, 0.3) is 0 Å². The number of benzene rings is 2. The first-order chi connectivity index (χ1) is 13.1. The second kappa shape index (κ2) is 7.61. The van der Waals surface area contributed by atoms with Gasteiger partial charge in [-0.3, -0.25) is 9.59 Å². The lowest BCUT2D eigenvalue weighted by molar-refractivity contribution is -0.136. The molecule has 0 spiro atoms. The van der Waals surface area contributed by atoms with Crippen molar-refractivity contribution in [2.24, 2.45) is 5.92 Å². The number of hydrogen-bond acceptors (Lipinski definition) is 3. The smallest absolute Gasteiger partial charge is 0.228 e. The first kappa shape index (κ1) is 17.9. The molecule has 0 saturated carbocycles. The molecule has 0 aromatic heterocycles. The van der Waals surface area contributed by atoms with E-state index in [4.69, 9.17) is 11.6 Å². The summed E-state index contributed by atoms with van der Waals surface area (Å²) < 4.78 is 0. The zero-order chi connectivity index (χ0) is 18.8. The van der Waals surface area contributed by atoms with Gasteiger partial charge in [0, 0.05) is 55.5 Å². The second-order valence-corrected chi connectivity index (χ2v) is 7.47. The van der Waals surface area contributed by atoms with Gasteiger partial charge >= 0.3 is 0 Å². The highest BCUT2D eigenvalue weighted by molar-refractivity contribution is 6.30. The fourth-order valence-electron chi connectivity index (χ4n) is 3.85. The Bertz CT molecular complexity index is 834. The van der Waals surface area contributed by atoms with E-state index in [0.29, 0.717) is 26.1 Å².